The quantitative estimate of drug-likeness (QED) is 0.632. The number of halogens is 1. The lowest BCUT2D eigenvalue weighted by Crippen LogP contribution is -2.49. The molecule has 8 heteroatoms. The van der Waals surface area contributed by atoms with Crippen LogP contribution in [0.4, 0.5) is 15.9 Å². The smallest absolute Gasteiger partial charge is 0.239 e. The van der Waals surface area contributed by atoms with Crippen LogP contribution >= 0.6 is 0 Å². The van der Waals surface area contributed by atoms with Crippen LogP contribution in [0.25, 0.3) is 11.0 Å². The van der Waals surface area contributed by atoms with Crippen molar-refractivity contribution in [1.29, 1.82) is 0 Å². The Kier molecular flexibility index (Phi) is 5.10. The van der Waals surface area contributed by atoms with Gasteiger partial charge in [0.2, 0.25) is 5.91 Å². The standard InChI is InChI=1S/C20H23FN6O/c1-13-16(21)5-2-6-17(13)23-10-18(28)26-14-4-3-9-27(11-14)20-15-7-8-22-19(15)24-12-25-20/h2,5-8,12,14,23H,3-4,9-11H2,1H3,(H,26,28)(H,22,24,25)/t14-/m1/s1. The largest absolute Gasteiger partial charge is 0.376 e. The predicted molar refractivity (Wildman–Crippen MR) is 107 cm³/mol. The van der Waals surface area contributed by atoms with Crippen molar-refractivity contribution in [1.82, 2.24) is 20.3 Å². The molecule has 28 heavy (non-hydrogen) atoms. The molecule has 1 atom stereocenters. The van der Waals surface area contributed by atoms with E-state index in [0.29, 0.717) is 17.8 Å². The zero-order chi connectivity index (χ0) is 19.5. The van der Waals surface area contributed by atoms with Crippen LogP contribution in [0.1, 0.15) is 18.4 Å². The number of aromatic nitrogens is 3. The van der Waals surface area contributed by atoms with Gasteiger partial charge in [-0.2, -0.15) is 0 Å². The first-order chi connectivity index (χ1) is 13.6. The van der Waals surface area contributed by atoms with Gasteiger partial charge in [0.25, 0.3) is 0 Å². The molecule has 0 bridgehead atoms. The van der Waals surface area contributed by atoms with E-state index in [0.717, 1.165) is 36.2 Å². The highest BCUT2D eigenvalue weighted by atomic mass is 19.1. The minimum atomic E-state index is -0.283. The van der Waals surface area contributed by atoms with Crippen LogP contribution in [0.3, 0.4) is 0 Å². The molecule has 1 amide bonds. The number of fused-ring (bicyclic) bond motifs is 1. The monoisotopic (exact) mass is 382 g/mol. The topological polar surface area (TPSA) is 85.9 Å². The number of anilines is 2. The Hall–Kier alpha value is -3.16. The van der Waals surface area contributed by atoms with Crippen molar-refractivity contribution in [3.63, 3.8) is 0 Å². The minimum Gasteiger partial charge on any atom is -0.376 e. The number of piperidine rings is 1. The number of hydrogen-bond acceptors (Lipinski definition) is 5. The molecule has 1 aromatic carbocycles. The van der Waals surface area contributed by atoms with Crippen molar-refractivity contribution < 1.29 is 9.18 Å². The first-order valence-corrected chi connectivity index (χ1v) is 9.43. The lowest BCUT2D eigenvalue weighted by molar-refractivity contribution is -0.120. The number of benzene rings is 1. The van der Waals surface area contributed by atoms with Crippen molar-refractivity contribution >= 4 is 28.4 Å². The Morgan fingerprint density at radius 3 is 3.14 bits per heavy atom. The average Bonchev–Trinajstić information content (AvgIpc) is 3.18. The van der Waals surface area contributed by atoms with Crippen molar-refractivity contribution in [3.05, 3.63) is 48.2 Å². The molecule has 7 nitrogen and oxygen atoms in total. The van der Waals surface area contributed by atoms with E-state index in [-0.39, 0.29) is 24.3 Å². The maximum atomic E-state index is 13.6. The lowest BCUT2D eigenvalue weighted by Gasteiger charge is -2.34. The predicted octanol–water partition coefficient (Wildman–Crippen LogP) is 2.60. The third-order valence-corrected chi connectivity index (χ3v) is 5.13. The average molecular weight is 382 g/mol. The molecule has 1 aliphatic rings. The Labute approximate surface area is 162 Å². The SMILES string of the molecule is Cc1c(F)cccc1NCC(=O)N[C@@H]1CCCN(c2ncnc3[nH]ccc23)C1. The molecule has 3 heterocycles. The van der Waals surface area contributed by atoms with E-state index in [2.05, 4.69) is 30.5 Å². The number of hydrogen-bond donors (Lipinski definition) is 3. The Bertz CT molecular complexity index is 988. The van der Waals surface area contributed by atoms with E-state index in [9.17, 15) is 9.18 Å². The molecule has 0 unspecified atom stereocenters. The summed E-state index contributed by atoms with van der Waals surface area (Å²) in [6, 6.07) is 6.82. The van der Waals surface area contributed by atoms with E-state index in [4.69, 9.17) is 0 Å². The number of aromatic amines is 1. The molecule has 2 aromatic heterocycles. The third kappa shape index (κ3) is 3.76. The second-order valence-electron chi connectivity index (χ2n) is 7.06. The highest BCUT2D eigenvalue weighted by Gasteiger charge is 2.23. The Morgan fingerprint density at radius 2 is 2.25 bits per heavy atom. The number of rotatable bonds is 5. The zero-order valence-corrected chi connectivity index (χ0v) is 15.7. The van der Waals surface area contributed by atoms with Crippen molar-refractivity contribution in [2.75, 3.05) is 29.9 Å². The highest BCUT2D eigenvalue weighted by molar-refractivity contribution is 5.87. The molecule has 0 spiro atoms. The summed E-state index contributed by atoms with van der Waals surface area (Å²) >= 11 is 0. The van der Waals surface area contributed by atoms with Crippen molar-refractivity contribution in [2.45, 2.75) is 25.8 Å². The first-order valence-electron chi connectivity index (χ1n) is 9.43. The Balaban J connectivity index is 1.36. The molecule has 0 aliphatic carbocycles. The fourth-order valence-electron chi connectivity index (χ4n) is 3.65. The van der Waals surface area contributed by atoms with E-state index in [1.165, 1.54) is 6.07 Å². The number of carbonyl (C=O) groups excluding carboxylic acids is 1. The Morgan fingerprint density at radius 1 is 1.36 bits per heavy atom. The van der Waals surface area contributed by atoms with E-state index in [1.807, 2.05) is 12.3 Å². The zero-order valence-electron chi connectivity index (χ0n) is 15.7. The lowest BCUT2D eigenvalue weighted by atomic mass is 10.1. The van der Waals surface area contributed by atoms with E-state index >= 15 is 0 Å². The minimum absolute atomic E-state index is 0.0422. The second-order valence-corrected chi connectivity index (χ2v) is 7.06. The van der Waals surface area contributed by atoms with Gasteiger partial charge in [-0.3, -0.25) is 4.79 Å². The summed E-state index contributed by atoms with van der Waals surface area (Å²) < 4.78 is 13.6. The number of H-pyrrole nitrogens is 1. The van der Waals surface area contributed by atoms with Gasteiger partial charge < -0.3 is 20.5 Å². The van der Waals surface area contributed by atoms with Gasteiger partial charge >= 0.3 is 0 Å². The van der Waals surface area contributed by atoms with E-state index < -0.39 is 0 Å². The maximum absolute atomic E-state index is 13.6. The highest BCUT2D eigenvalue weighted by Crippen LogP contribution is 2.25. The maximum Gasteiger partial charge on any atom is 0.239 e. The van der Waals surface area contributed by atoms with Crippen molar-refractivity contribution in [3.8, 4) is 0 Å². The van der Waals surface area contributed by atoms with Gasteiger partial charge in [0, 0.05) is 36.6 Å². The normalized spacial score (nSPS) is 16.9. The summed E-state index contributed by atoms with van der Waals surface area (Å²) in [5.41, 5.74) is 1.96. The van der Waals surface area contributed by atoms with Gasteiger partial charge in [0.15, 0.2) is 0 Å². The summed E-state index contributed by atoms with van der Waals surface area (Å²) in [4.78, 5) is 26.3. The molecule has 3 N–H and O–H groups in total. The van der Waals surface area contributed by atoms with Gasteiger partial charge in [0.1, 0.15) is 23.6 Å². The number of amides is 1. The molecule has 1 aliphatic heterocycles. The van der Waals surface area contributed by atoms with Crippen LogP contribution in [-0.2, 0) is 4.79 Å². The van der Waals surface area contributed by atoms with E-state index in [1.54, 1.807) is 25.4 Å². The molecule has 4 rings (SSSR count). The van der Waals surface area contributed by atoms with Crippen LogP contribution < -0.4 is 15.5 Å². The second kappa shape index (κ2) is 7.84. The number of nitrogens with one attached hydrogen (secondary N) is 3. The van der Waals surface area contributed by atoms with Crippen LogP contribution in [-0.4, -0.2) is 46.5 Å². The molecular weight excluding hydrogens is 359 g/mol. The first kappa shape index (κ1) is 18.2. The molecule has 3 aromatic rings. The van der Waals surface area contributed by atoms with Crippen LogP contribution in [0.5, 0.6) is 0 Å². The van der Waals surface area contributed by atoms with Crippen LogP contribution in [0.2, 0.25) is 0 Å². The summed E-state index contributed by atoms with van der Waals surface area (Å²) in [5, 5.41) is 7.08. The molecule has 0 radical (unpaired) electrons. The fraction of sp³-hybridized carbons (Fsp3) is 0.350. The van der Waals surface area contributed by atoms with Crippen LogP contribution in [0.15, 0.2) is 36.8 Å². The van der Waals surface area contributed by atoms with Crippen LogP contribution in [0, 0.1) is 12.7 Å². The molecule has 1 saturated heterocycles. The summed E-state index contributed by atoms with van der Waals surface area (Å²) in [6.07, 6.45) is 5.30. The van der Waals surface area contributed by atoms with Gasteiger partial charge in [0.05, 0.1) is 11.9 Å². The molecule has 1 fully saturated rings. The molecule has 0 saturated carbocycles. The van der Waals surface area contributed by atoms with Gasteiger partial charge in [-0.1, -0.05) is 6.07 Å². The summed E-state index contributed by atoms with van der Waals surface area (Å²) in [6.45, 7) is 3.39. The van der Waals surface area contributed by atoms with Gasteiger partial charge in [-0.25, -0.2) is 14.4 Å². The van der Waals surface area contributed by atoms with Gasteiger partial charge in [-0.15, -0.1) is 0 Å². The van der Waals surface area contributed by atoms with Crippen molar-refractivity contribution in [2.24, 2.45) is 0 Å². The molecule has 146 valence electrons. The molecular formula is C20H23FN6O. The third-order valence-electron chi connectivity index (χ3n) is 5.13. The number of nitrogens with zero attached hydrogens (tertiary/aromatic N) is 3. The fourth-order valence-corrected chi connectivity index (χ4v) is 3.65. The summed E-state index contributed by atoms with van der Waals surface area (Å²) in [5.74, 6) is 0.498. The summed E-state index contributed by atoms with van der Waals surface area (Å²) in [7, 11) is 0. The number of carbonyl (C=O) groups is 1. The van der Waals surface area contributed by atoms with Gasteiger partial charge in [-0.05, 0) is 38.0 Å².